The zero-order valence-electron chi connectivity index (χ0n) is 19.5. The Labute approximate surface area is 200 Å². The van der Waals surface area contributed by atoms with E-state index in [1.807, 2.05) is 25.3 Å². The molecule has 6 nitrogen and oxygen atoms in total. The monoisotopic (exact) mass is 512 g/mol. The van der Waals surface area contributed by atoms with E-state index in [1.165, 1.54) is 12.8 Å². The summed E-state index contributed by atoms with van der Waals surface area (Å²) in [5, 5.41) is 2.73. The maximum absolute atomic E-state index is 12.7. The Morgan fingerprint density at radius 2 is 2.06 bits per heavy atom. The van der Waals surface area contributed by atoms with Crippen molar-refractivity contribution in [1.82, 2.24) is 10.2 Å². The molecule has 3 N–H and O–H groups in total. The minimum absolute atomic E-state index is 0.171. The molecule has 0 aromatic heterocycles. The van der Waals surface area contributed by atoms with Gasteiger partial charge in [-0.25, -0.2) is 0 Å². The number of carbonyl (C=O) groups is 1. The average molecular weight is 514 g/mol. The Morgan fingerprint density at radius 1 is 1.32 bits per heavy atom. The fourth-order valence-corrected chi connectivity index (χ4v) is 4.24. The number of hydrogen-bond acceptors (Lipinski definition) is 5. The van der Waals surface area contributed by atoms with Crippen LogP contribution in [0.2, 0.25) is 0 Å². The summed E-state index contributed by atoms with van der Waals surface area (Å²) in [6.45, 7) is 9.63. The predicted octanol–water partition coefficient (Wildman–Crippen LogP) is 4.58. The molecule has 0 unspecified atom stereocenters. The Balaban J connectivity index is 2.69. The van der Waals surface area contributed by atoms with Crippen LogP contribution >= 0.6 is 27.7 Å². The normalized spacial score (nSPS) is 12.7. The number of amides is 1. The third kappa shape index (κ3) is 10.1. The number of allylic oxidation sites excluding steroid dienone is 1. The number of likely N-dealkylation sites (N-methyl/N-ethyl adjacent to an activating group) is 1. The summed E-state index contributed by atoms with van der Waals surface area (Å²) in [5.74, 6) is 0.817. The number of rotatable bonds is 13. The van der Waals surface area contributed by atoms with Crippen LogP contribution < -0.4 is 15.8 Å². The molecule has 1 rings (SSSR count). The second kappa shape index (κ2) is 15.3. The van der Waals surface area contributed by atoms with Crippen LogP contribution in [0.15, 0.2) is 38.1 Å². The Hall–Kier alpha value is -1.51. The van der Waals surface area contributed by atoms with Crippen molar-refractivity contribution >= 4 is 39.6 Å². The van der Waals surface area contributed by atoms with Gasteiger partial charge in [0.15, 0.2) is 5.96 Å². The van der Waals surface area contributed by atoms with Gasteiger partial charge in [-0.05, 0) is 74.2 Å². The number of hydrogen-bond donors (Lipinski definition) is 2. The van der Waals surface area contributed by atoms with Crippen molar-refractivity contribution in [3.63, 3.8) is 0 Å². The van der Waals surface area contributed by atoms with E-state index in [-0.39, 0.29) is 11.9 Å². The molecule has 1 aromatic carbocycles. The van der Waals surface area contributed by atoms with Gasteiger partial charge in [-0.2, -0.15) is 0 Å². The van der Waals surface area contributed by atoms with Gasteiger partial charge in [0.25, 0.3) is 5.91 Å². The minimum atomic E-state index is -0.204. The van der Waals surface area contributed by atoms with E-state index in [9.17, 15) is 4.79 Å². The van der Waals surface area contributed by atoms with Crippen LogP contribution in [0.25, 0.3) is 0 Å². The Morgan fingerprint density at radius 3 is 2.68 bits per heavy atom. The second-order valence-corrected chi connectivity index (χ2v) is 9.03. The largest absolute Gasteiger partial charge is 0.496 e. The molecule has 0 radical (unpaired) electrons. The highest BCUT2D eigenvalue weighted by molar-refractivity contribution is 9.10. The Kier molecular flexibility index (Phi) is 13.6. The van der Waals surface area contributed by atoms with Gasteiger partial charge in [0.2, 0.25) is 0 Å². The number of nitrogens with zero attached hydrogens (tertiary/aromatic N) is 2. The van der Waals surface area contributed by atoms with Crippen LogP contribution in [0.5, 0.6) is 5.75 Å². The number of unbranched alkanes of at least 4 members (excludes halogenated alkanes) is 1. The summed E-state index contributed by atoms with van der Waals surface area (Å²) in [6.07, 6.45) is 5.86. The first-order valence-corrected chi connectivity index (χ1v) is 12.8. The van der Waals surface area contributed by atoms with Crippen molar-refractivity contribution in [1.29, 1.82) is 0 Å². The molecule has 0 fully saturated rings. The molecular formula is C23H37BrN4O2S. The highest BCUT2D eigenvalue weighted by Crippen LogP contribution is 2.28. The van der Waals surface area contributed by atoms with Crippen molar-refractivity contribution in [3.05, 3.63) is 38.7 Å². The molecular weight excluding hydrogens is 476 g/mol. The van der Waals surface area contributed by atoms with Crippen molar-refractivity contribution in [2.75, 3.05) is 39.5 Å². The van der Waals surface area contributed by atoms with E-state index < -0.39 is 0 Å². The van der Waals surface area contributed by atoms with Gasteiger partial charge >= 0.3 is 0 Å². The first kappa shape index (κ1) is 27.5. The maximum Gasteiger partial charge on any atom is 0.254 e. The smallest absolute Gasteiger partial charge is 0.254 e. The number of guanidine groups is 1. The van der Waals surface area contributed by atoms with E-state index in [4.69, 9.17) is 10.5 Å². The number of benzene rings is 1. The molecule has 1 aromatic rings. The number of ether oxygens (including phenoxy) is 1. The molecule has 1 amide bonds. The molecule has 174 valence electrons. The van der Waals surface area contributed by atoms with E-state index in [1.54, 1.807) is 18.9 Å². The summed E-state index contributed by atoms with van der Waals surface area (Å²) in [4.78, 5) is 20.3. The van der Waals surface area contributed by atoms with Crippen LogP contribution in [0.1, 0.15) is 45.6 Å². The maximum atomic E-state index is 12.7. The lowest BCUT2D eigenvalue weighted by molar-refractivity contribution is -0.116. The van der Waals surface area contributed by atoms with Gasteiger partial charge in [0.1, 0.15) is 5.75 Å². The highest BCUT2D eigenvalue weighted by Gasteiger charge is 2.13. The summed E-state index contributed by atoms with van der Waals surface area (Å²) >= 11 is 5.09. The van der Waals surface area contributed by atoms with Crippen molar-refractivity contribution in [2.45, 2.75) is 46.5 Å². The van der Waals surface area contributed by atoms with Crippen LogP contribution in [0, 0.1) is 0 Å². The van der Waals surface area contributed by atoms with E-state index in [0.717, 1.165) is 53.2 Å². The molecule has 0 bridgehead atoms. The van der Waals surface area contributed by atoms with Crippen molar-refractivity contribution < 1.29 is 9.53 Å². The molecule has 31 heavy (non-hydrogen) atoms. The van der Waals surface area contributed by atoms with Crippen LogP contribution in [0.4, 0.5) is 0 Å². The molecule has 0 aliphatic carbocycles. The van der Waals surface area contributed by atoms with Crippen LogP contribution in [0.3, 0.4) is 0 Å². The molecule has 0 atom stereocenters. The standard InChI is InChI=1S/C23H37BrN4O2S/c1-6-8-14-28(7-2)15-13-26-23(25)27-22(29)17(3)21(31-5)12-9-18-16-19(24)10-11-20(18)30-4/h10-11,16H,6-9,12-15H2,1-5H3,(H3,25,26,27,29)/b21-17+. The average Bonchev–Trinajstić information content (AvgIpc) is 2.76. The number of nitrogens with one attached hydrogen (secondary N) is 1. The fourth-order valence-electron chi connectivity index (χ4n) is 3.13. The predicted molar refractivity (Wildman–Crippen MR) is 137 cm³/mol. The fraction of sp³-hybridized carbons (Fsp3) is 0.565. The molecule has 0 spiro atoms. The van der Waals surface area contributed by atoms with Crippen LogP contribution in [-0.2, 0) is 11.2 Å². The molecule has 0 saturated carbocycles. The third-order valence-corrected chi connectivity index (χ3v) is 6.58. The SMILES string of the molecule is CCCCN(CC)CCN=C(N)NC(=O)/C(C)=C(\CCc1cc(Br)ccc1OC)SC. The Bertz CT molecular complexity index is 768. The van der Waals surface area contributed by atoms with Crippen LogP contribution in [-0.4, -0.2) is 56.3 Å². The molecule has 0 aliphatic heterocycles. The number of thioether (sulfide) groups is 1. The van der Waals surface area contributed by atoms with Gasteiger partial charge in [-0.3, -0.25) is 15.1 Å². The molecule has 8 heteroatoms. The first-order valence-electron chi connectivity index (χ1n) is 10.8. The molecule has 0 saturated heterocycles. The topological polar surface area (TPSA) is 80.0 Å². The lowest BCUT2D eigenvalue weighted by Crippen LogP contribution is -2.38. The zero-order chi connectivity index (χ0) is 23.2. The first-order chi connectivity index (χ1) is 14.9. The number of carbonyl (C=O) groups excluding carboxylic acids is 1. The summed E-state index contributed by atoms with van der Waals surface area (Å²) in [5.41, 5.74) is 7.71. The quantitative estimate of drug-likeness (QED) is 0.229. The van der Waals surface area contributed by atoms with Gasteiger partial charge in [0.05, 0.1) is 13.7 Å². The highest BCUT2D eigenvalue weighted by atomic mass is 79.9. The molecule has 0 heterocycles. The number of nitrogens with two attached hydrogens (primary N) is 1. The van der Waals surface area contributed by atoms with E-state index in [0.29, 0.717) is 12.1 Å². The number of methoxy groups -OCH3 is 1. The summed E-state index contributed by atoms with van der Waals surface area (Å²) in [7, 11) is 1.67. The van der Waals surface area contributed by atoms with E-state index in [2.05, 4.69) is 51.1 Å². The van der Waals surface area contributed by atoms with Crippen molar-refractivity contribution in [2.24, 2.45) is 10.7 Å². The number of halogens is 1. The van der Waals surface area contributed by atoms with Gasteiger partial charge in [-0.1, -0.05) is 36.2 Å². The second-order valence-electron chi connectivity index (χ2n) is 7.22. The van der Waals surface area contributed by atoms with Gasteiger partial charge < -0.3 is 15.4 Å². The summed E-state index contributed by atoms with van der Waals surface area (Å²) in [6, 6.07) is 5.95. The number of aliphatic imine (C=N–C) groups is 1. The van der Waals surface area contributed by atoms with E-state index >= 15 is 0 Å². The molecule has 0 aliphatic rings. The van der Waals surface area contributed by atoms with Gasteiger partial charge in [-0.15, -0.1) is 11.8 Å². The number of aryl methyl sites for hydroxylation is 1. The lowest BCUT2D eigenvalue weighted by atomic mass is 10.1. The minimum Gasteiger partial charge on any atom is -0.496 e. The summed E-state index contributed by atoms with van der Waals surface area (Å²) < 4.78 is 6.46. The van der Waals surface area contributed by atoms with Crippen molar-refractivity contribution in [3.8, 4) is 5.75 Å². The van der Waals surface area contributed by atoms with Gasteiger partial charge in [0, 0.05) is 16.6 Å². The lowest BCUT2D eigenvalue weighted by Gasteiger charge is -2.18. The third-order valence-electron chi connectivity index (χ3n) is 5.08. The zero-order valence-corrected chi connectivity index (χ0v) is 21.9.